The van der Waals surface area contributed by atoms with Crippen molar-refractivity contribution in [3.05, 3.63) is 57.8 Å². The third kappa shape index (κ3) is 4.72. The largest absolute Gasteiger partial charge is 0.356 e. The molecular formula is C19H26IN3S. The highest BCUT2D eigenvalue weighted by Gasteiger charge is 2.39. The van der Waals surface area contributed by atoms with Gasteiger partial charge >= 0.3 is 0 Å². The molecule has 3 rings (SSSR count). The van der Waals surface area contributed by atoms with Crippen LogP contribution in [0, 0.1) is 6.92 Å². The Labute approximate surface area is 166 Å². The molecule has 0 radical (unpaired) electrons. The van der Waals surface area contributed by atoms with Crippen LogP contribution in [0.25, 0.3) is 0 Å². The van der Waals surface area contributed by atoms with Crippen molar-refractivity contribution in [1.82, 2.24) is 10.6 Å². The summed E-state index contributed by atoms with van der Waals surface area (Å²) in [7, 11) is 1.84. The normalized spacial score (nSPS) is 20.9. The van der Waals surface area contributed by atoms with Gasteiger partial charge < -0.3 is 10.6 Å². The molecule has 2 N–H and O–H groups in total. The van der Waals surface area contributed by atoms with Gasteiger partial charge in [0.1, 0.15) is 0 Å². The zero-order valence-electron chi connectivity index (χ0n) is 14.5. The number of guanidine groups is 1. The molecule has 3 unspecified atom stereocenters. The van der Waals surface area contributed by atoms with Crippen molar-refractivity contribution < 1.29 is 0 Å². The molecule has 0 bridgehead atoms. The number of thiophene rings is 1. The zero-order valence-corrected chi connectivity index (χ0v) is 17.6. The quantitative estimate of drug-likeness (QED) is 0.396. The fourth-order valence-electron chi connectivity index (χ4n) is 2.99. The van der Waals surface area contributed by atoms with Crippen LogP contribution in [0.5, 0.6) is 0 Å². The summed E-state index contributed by atoms with van der Waals surface area (Å²) in [6.45, 7) is 5.34. The van der Waals surface area contributed by atoms with Gasteiger partial charge in [-0.2, -0.15) is 11.3 Å². The van der Waals surface area contributed by atoms with Gasteiger partial charge in [0.2, 0.25) is 0 Å². The number of nitrogens with zero attached hydrogens (tertiary/aromatic N) is 1. The molecule has 1 aliphatic carbocycles. The van der Waals surface area contributed by atoms with Gasteiger partial charge in [0, 0.05) is 25.6 Å². The first-order valence-corrected chi connectivity index (χ1v) is 9.18. The Hall–Kier alpha value is -1.08. The Balaban J connectivity index is 0.00000208. The lowest BCUT2D eigenvalue weighted by Gasteiger charge is -2.15. The summed E-state index contributed by atoms with van der Waals surface area (Å²) < 4.78 is 0. The maximum Gasteiger partial charge on any atom is 0.191 e. The van der Waals surface area contributed by atoms with Crippen LogP contribution in [0.3, 0.4) is 0 Å². The van der Waals surface area contributed by atoms with E-state index in [1.54, 1.807) is 11.3 Å². The molecule has 1 fully saturated rings. The summed E-state index contributed by atoms with van der Waals surface area (Å²) in [5, 5.41) is 11.4. The lowest BCUT2D eigenvalue weighted by Crippen LogP contribution is -2.40. The monoisotopic (exact) mass is 455 g/mol. The van der Waals surface area contributed by atoms with Crippen LogP contribution < -0.4 is 10.6 Å². The number of hydrogen-bond donors (Lipinski definition) is 2. The van der Waals surface area contributed by atoms with E-state index in [0.717, 1.165) is 12.5 Å². The summed E-state index contributed by atoms with van der Waals surface area (Å²) in [6.07, 6.45) is 1.19. The van der Waals surface area contributed by atoms with E-state index in [1.807, 2.05) is 7.05 Å². The van der Waals surface area contributed by atoms with Crippen molar-refractivity contribution in [3.8, 4) is 0 Å². The Morgan fingerprint density at radius 2 is 2.12 bits per heavy atom. The van der Waals surface area contributed by atoms with Crippen molar-refractivity contribution >= 4 is 41.3 Å². The lowest BCUT2D eigenvalue weighted by molar-refractivity contribution is 0.697. The molecule has 1 heterocycles. The Kier molecular flexibility index (Phi) is 7.10. The average molecular weight is 455 g/mol. The molecule has 24 heavy (non-hydrogen) atoms. The van der Waals surface area contributed by atoms with Gasteiger partial charge in [-0.15, -0.1) is 24.0 Å². The third-order valence-electron chi connectivity index (χ3n) is 4.61. The minimum atomic E-state index is 0. The van der Waals surface area contributed by atoms with E-state index in [0.29, 0.717) is 17.9 Å². The molecule has 0 aliphatic heterocycles. The fourth-order valence-corrected chi connectivity index (χ4v) is 3.78. The van der Waals surface area contributed by atoms with Crippen LogP contribution >= 0.6 is 35.3 Å². The standard InChI is InChI=1S/C19H25N3S.HI/c1-13-6-4-5-7-16(13)17-10-18(17)22-19(20-3)21-11-14(2)15-8-9-23-12-15;/h4-9,12,14,17-18H,10-11H2,1-3H3,(H2,20,21,22);1H. The molecule has 1 saturated carbocycles. The summed E-state index contributed by atoms with van der Waals surface area (Å²) in [5.41, 5.74) is 4.24. The van der Waals surface area contributed by atoms with Crippen LogP contribution in [0.2, 0.25) is 0 Å². The van der Waals surface area contributed by atoms with Gasteiger partial charge in [0.05, 0.1) is 0 Å². The maximum absolute atomic E-state index is 4.37. The predicted molar refractivity (Wildman–Crippen MR) is 115 cm³/mol. The van der Waals surface area contributed by atoms with Crippen molar-refractivity contribution in [2.45, 2.75) is 38.1 Å². The van der Waals surface area contributed by atoms with Crippen molar-refractivity contribution in [2.75, 3.05) is 13.6 Å². The third-order valence-corrected chi connectivity index (χ3v) is 5.31. The molecule has 130 valence electrons. The van der Waals surface area contributed by atoms with Crippen LogP contribution in [0.1, 0.15) is 41.9 Å². The summed E-state index contributed by atoms with van der Waals surface area (Å²) in [4.78, 5) is 4.37. The average Bonchev–Trinajstić information content (AvgIpc) is 3.09. The molecule has 1 aromatic heterocycles. The second kappa shape index (κ2) is 8.85. The molecule has 3 nitrogen and oxygen atoms in total. The summed E-state index contributed by atoms with van der Waals surface area (Å²) in [5.74, 6) is 2.02. The summed E-state index contributed by atoms with van der Waals surface area (Å²) in [6, 6.07) is 11.4. The van der Waals surface area contributed by atoms with E-state index < -0.39 is 0 Å². The molecule has 0 spiro atoms. The van der Waals surface area contributed by atoms with Crippen molar-refractivity contribution in [1.29, 1.82) is 0 Å². The highest BCUT2D eigenvalue weighted by molar-refractivity contribution is 14.0. The van der Waals surface area contributed by atoms with Gasteiger partial charge in [0.25, 0.3) is 0 Å². The first-order chi connectivity index (χ1) is 11.2. The van der Waals surface area contributed by atoms with Gasteiger partial charge in [-0.1, -0.05) is 31.2 Å². The molecule has 1 aliphatic rings. The SMILES string of the molecule is CN=C(NCC(C)c1ccsc1)NC1CC1c1ccccc1C.I. The Morgan fingerprint density at radius 3 is 2.79 bits per heavy atom. The number of rotatable bonds is 5. The molecular weight excluding hydrogens is 429 g/mol. The fraction of sp³-hybridized carbons (Fsp3) is 0.421. The first-order valence-electron chi connectivity index (χ1n) is 8.24. The maximum atomic E-state index is 4.37. The van der Waals surface area contributed by atoms with E-state index in [4.69, 9.17) is 0 Å². The highest BCUT2D eigenvalue weighted by Crippen LogP contribution is 2.42. The number of halogens is 1. The van der Waals surface area contributed by atoms with Crippen LogP contribution in [-0.2, 0) is 0 Å². The number of benzene rings is 1. The number of nitrogens with one attached hydrogen (secondary N) is 2. The molecule has 2 aromatic rings. The van der Waals surface area contributed by atoms with Gasteiger partial charge in [0.15, 0.2) is 5.96 Å². The van der Waals surface area contributed by atoms with E-state index in [1.165, 1.54) is 23.1 Å². The molecule has 3 atom stereocenters. The second-order valence-electron chi connectivity index (χ2n) is 6.36. The summed E-state index contributed by atoms with van der Waals surface area (Å²) >= 11 is 1.75. The Bertz CT molecular complexity index is 669. The van der Waals surface area contributed by atoms with Crippen LogP contribution in [-0.4, -0.2) is 25.6 Å². The van der Waals surface area contributed by atoms with E-state index in [9.17, 15) is 0 Å². The minimum absolute atomic E-state index is 0. The Morgan fingerprint density at radius 1 is 1.33 bits per heavy atom. The van der Waals surface area contributed by atoms with E-state index >= 15 is 0 Å². The number of aryl methyl sites for hydroxylation is 1. The van der Waals surface area contributed by atoms with Gasteiger partial charge in [-0.05, 0) is 52.8 Å². The first kappa shape index (κ1) is 19.2. The van der Waals surface area contributed by atoms with Gasteiger partial charge in [-0.3, -0.25) is 4.99 Å². The minimum Gasteiger partial charge on any atom is -0.356 e. The predicted octanol–water partition coefficient (Wildman–Crippen LogP) is 4.50. The van der Waals surface area contributed by atoms with E-state index in [2.05, 4.69) is 70.6 Å². The molecule has 0 saturated heterocycles. The second-order valence-corrected chi connectivity index (χ2v) is 7.14. The van der Waals surface area contributed by atoms with Crippen LogP contribution in [0.15, 0.2) is 46.1 Å². The zero-order chi connectivity index (χ0) is 16.2. The lowest BCUT2D eigenvalue weighted by atomic mass is 10.0. The number of aliphatic imine (C=N–C) groups is 1. The van der Waals surface area contributed by atoms with Gasteiger partial charge in [-0.25, -0.2) is 0 Å². The van der Waals surface area contributed by atoms with Crippen LogP contribution in [0.4, 0.5) is 0 Å². The number of hydrogen-bond acceptors (Lipinski definition) is 2. The smallest absolute Gasteiger partial charge is 0.191 e. The van der Waals surface area contributed by atoms with Crippen molar-refractivity contribution in [2.24, 2.45) is 4.99 Å². The topological polar surface area (TPSA) is 36.4 Å². The molecule has 5 heteroatoms. The van der Waals surface area contributed by atoms with Crippen molar-refractivity contribution in [3.63, 3.8) is 0 Å². The molecule has 1 aromatic carbocycles. The molecule has 0 amide bonds. The van der Waals surface area contributed by atoms with E-state index in [-0.39, 0.29) is 24.0 Å². The highest BCUT2D eigenvalue weighted by atomic mass is 127.